The zero-order valence-corrected chi connectivity index (χ0v) is 14.7. The van der Waals surface area contributed by atoms with Crippen molar-refractivity contribution in [3.05, 3.63) is 59.9 Å². The van der Waals surface area contributed by atoms with E-state index in [1.165, 1.54) is 24.6 Å². The molecule has 1 N–H and O–H groups in total. The number of piperidine rings is 1. The number of nitrogens with one attached hydrogen (secondary N) is 1. The molecule has 25 heavy (non-hydrogen) atoms. The summed E-state index contributed by atoms with van der Waals surface area (Å²) in [4.78, 5) is 14.5. The predicted octanol–water partition coefficient (Wildman–Crippen LogP) is 4.63. The van der Waals surface area contributed by atoms with Crippen LogP contribution < -0.4 is 10.2 Å². The number of rotatable bonds is 5. The lowest BCUT2D eigenvalue weighted by atomic mass is 9.99. The molecule has 1 amide bonds. The maximum atomic E-state index is 13.6. The first-order valence-corrected chi connectivity index (χ1v) is 9.00. The summed E-state index contributed by atoms with van der Waals surface area (Å²) >= 11 is 0. The molecule has 0 saturated carbocycles. The number of carbonyl (C=O) groups excluding carboxylic acids is 1. The molecule has 0 aliphatic carbocycles. The van der Waals surface area contributed by atoms with Crippen molar-refractivity contribution in [2.24, 2.45) is 5.92 Å². The molecule has 0 radical (unpaired) electrons. The summed E-state index contributed by atoms with van der Waals surface area (Å²) in [5.41, 5.74) is 2.57. The number of halogens is 1. The highest BCUT2D eigenvalue weighted by atomic mass is 19.1. The van der Waals surface area contributed by atoms with E-state index in [0.717, 1.165) is 24.7 Å². The topological polar surface area (TPSA) is 32.3 Å². The summed E-state index contributed by atoms with van der Waals surface area (Å²) in [6.45, 7) is 4.49. The molecule has 1 heterocycles. The van der Waals surface area contributed by atoms with Gasteiger partial charge in [-0.25, -0.2) is 4.39 Å². The van der Waals surface area contributed by atoms with Crippen LogP contribution >= 0.6 is 0 Å². The average molecular weight is 340 g/mol. The molecule has 1 saturated heterocycles. The Morgan fingerprint density at radius 1 is 1.12 bits per heavy atom. The molecule has 1 fully saturated rings. The van der Waals surface area contributed by atoms with E-state index in [2.05, 4.69) is 29.3 Å². The molecule has 132 valence electrons. The van der Waals surface area contributed by atoms with Crippen molar-refractivity contribution in [3.8, 4) is 0 Å². The van der Waals surface area contributed by atoms with Gasteiger partial charge in [0.25, 0.3) is 0 Å². The quantitative estimate of drug-likeness (QED) is 0.860. The Morgan fingerprint density at radius 3 is 2.48 bits per heavy atom. The van der Waals surface area contributed by atoms with Gasteiger partial charge in [0.1, 0.15) is 5.82 Å². The monoisotopic (exact) mass is 340 g/mol. The maximum absolute atomic E-state index is 13.6. The highest BCUT2D eigenvalue weighted by Gasteiger charge is 2.16. The lowest BCUT2D eigenvalue weighted by Crippen LogP contribution is -2.32. The number of carbonyl (C=O) groups is 1. The van der Waals surface area contributed by atoms with Crippen LogP contribution in [-0.2, 0) is 11.2 Å². The van der Waals surface area contributed by atoms with Gasteiger partial charge in [0.2, 0.25) is 5.91 Å². The summed E-state index contributed by atoms with van der Waals surface area (Å²) < 4.78 is 13.6. The number of aryl methyl sites for hydroxylation is 1. The predicted molar refractivity (Wildman–Crippen MR) is 100 cm³/mol. The molecular formula is C21H25FN2O. The maximum Gasteiger partial charge on any atom is 0.224 e. The van der Waals surface area contributed by atoms with E-state index in [4.69, 9.17) is 0 Å². The van der Waals surface area contributed by atoms with Crippen LogP contribution in [0.5, 0.6) is 0 Å². The zero-order chi connectivity index (χ0) is 17.6. The van der Waals surface area contributed by atoms with Gasteiger partial charge in [0.15, 0.2) is 0 Å². The van der Waals surface area contributed by atoms with E-state index < -0.39 is 0 Å². The number of hydrogen-bond donors (Lipinski definition) is 1. The number of nitrogens with zero attached hydrogens (tertiary/aromatic N) is 1. The molecule has 0 bridgehead atoms. The standard InChI is InChI=1S/C21H25FN2O/c1-16-12-14-24(15-13-16)19-9-7-18(8-10-19)23-21(25)11-6-17-4-2-3-5-20(17)22/h2-5,7-10,16H,6,11-15H2,1H3,(H,23,25). The minimum absolute atomic E-state index is 0.0946. The number of amides is 1. The van der Waals surface area contributed by atoms with Crippen LogP contribution in [0, 0.1) is 11.7 Å². The fraction of sp³-hybridized carbons (Fsp3) is 0.381. The summed E-state index contributed by atoms with van der Waals surface area (Å²) in [6.07, 6.45) is 3.14. The van der Waals surface area contributed by atoms with Crippen LogP contribution in [0.3, 0.4) is 0 Å². The molecule has 0 unspecified atom stereocenters. The van der Waals surface area contributed by atoms with E-state index in [0.29, 0.717) is 12.0 Å². The zero-order valence-electron chi connectivity index (χ0n) is 14.7. The molecule has 3 rings (SSSR count). The van der Waals surface area contributed by atoms with Gasteiger partial charge in [-0.3, -0.25) is 4.79 Å². The Bertz CT molecular complexity index is 706. The van der Waals surface area contributed by atoms with Gasteiger partial charge in [-0.15, -0.1) is 0 Å². The van der Waals surface area contributed by atoms with Crippen molar-refractivity contribution >= 4 is 17.3 Å². The Morgan fingerprint density at radius 2 is 1.80 bits per heavy atom. The Labute approximate surface area is 148 Å². The lowest BCUT2D eigenvalue weighted by molar-refractivity contribution is -0.116. The van der Waals surface area contributed by atoms with Crippen molar-refractivity contribution in [1.82, 2.24) is 0 Å². The van der Waals surface area contributed by atoms with Gasteiger partial charge in [0, 0.05) is 30.9 Å². The van der Waals surface area contributed by atoms with Gasteiger partial charge in [0.05, 0.1) is 0 Å². The minimum Gasteiger partial charge on any atom is -0.372 e. The Hall–Kier alpha value is -2.36. The second-order valence-electron chi connectivity index (χ2n) is 6.86. The summed E-state index contributed by atoms with van der Waals surface area (Å²) in [7, 11) is 0. The highest BCUT2D eigenvalue weighted by Crippen LogP contribution is 2.24. The van der Waals surface area contributed by atoms with Gasteiger partial charge in [-0.2, -0.15) is 0 Å². The molecular weight excluding hydrogens is 315 g/mol. The first-order valence-electron chi connectivity index (χ1n) is 9.00. The molecule has 1 aliphatic rings. The normalized spacial score (nSPS) is 15.2. The fourth-order valence-corrected chi connectivity index (χ4v) is 3.20. The van der Waals surface area contributed by atoms with Crippen molar-refractivity contribution in [2.75, 3.05) is 23.3 Å². The van der Waals surface area contributed by atoms with Gasteiger partial charge in [-0.1, -0.05) is 25.1 Å². The van der Waals surface area contributed by atoms with Gasteiger partial charge >= 0.3 is 0 Å². The molecule has 2 aromatic carbocycles. The minimum atomic E-state index is -0.254. The summed E-state index contributed by atoms with van der Waals surface area (Å²) in [5.74, 6) is 0.461. The van der Waals surface area contributed by atoms with Gasteiger partial charge in [-0.05, 0) is 61.1 Å². The van der Waals surface area contributed by atoms with Crippen LogP contribution in [0.1, 0.15) is 31.7 Å². The van der Waals surface area contributed by atoms with Crippen molar-refractivity contribution in [1.29, 1.82) is 0 Å². The first-order chi connectivity index (χ1) is 12.1. The fourth-order valence-electron chi connectivity index (χ4n) is 3.20. The molecule has 0 aromatic heterocycles. The largest absolute Gasteiger partial charge is 0.372 e. The third-order valence-corrected chi connectivity index (χ3v) is 4.88. The van der Waals surface area contributed by atoms with E-state index >= 15 is 0 Å². The highest BCUT2D eigenvalue weighted by molar-refractivity contribution is 5.91. The van der Waals surface area contributed by atoms with Crippen LogP contribution in [-0.4, -0.2) is 19.0 Å². The van der Waals surface area contributed by atoms with Gasteiger partial charge < -0.3 is 10.2 Å². The Balaban J connectivity index is 1.51. The first kappa shape index (κ1) is 17.5. The second kappa shape index (κ2) is 8.15. The molecule has 2 aromatic rings. The lowest BCUT2D eigenvalue weighted by Gasteiger charge is -2.32. The third kappa shape index (κ3) is 4.81. The van der Waals surface area contributed by atoms with Crippen molar-refractivity contribution in [3.63, 3.8) is 0 Å². The number of hydrogen-bond acceptors (Lipinski definition) is 2. The van der Waals surface area contributed by atoms with Crippen molar-refractivity contribution in [2.45, 2.75) is 32.6 Å². The third-order valence-electron chi connectivity index (χ3n) is 4.88. The van der Waals surface area contributed by atoms with E-state index in [9.17, 15) is 9.18 Å². The van der Waals surface area contributed by atoms with Crippen LogP contribution in [0.15, 0.2) is 48.5 Å². The average Bonchev–Trinajstić information content (AvgIpc) is 2.62. The number of benzene rings is 2. The van der Waals surface area contributed by atoms with E-state index in [1.54, 1.807) is 18.2 Å². The van der Waals surface area contributed by atoms with Crippen molar-refractivity contribution < 1.29 is 9.18 Å². The molecule has 4 heteroatoms. The van der Waals surface area contributed by atoms with E-state index in [-0.39, 0.29) is 18.1 Å². The van der Waals surface area contributed by atoms with Crippen LogP contribution in [0.2, 0.25) is 0 Å². The van der Waals surface area contributed by atoms with Crippen LogP contribution in [0.4, 0.5) is 15.8 Å². The van der Waals surface area contributed by atoms with E-state index in [1.807, 2.05) is 12.1 Å². The summed E-state index contributed by atoms with van der Waals surface area (Å²) in [5, 5.41) is 2.89. The van der Waals surface area contributed by atoms with Crippen LogP contribution in [0.25, 0.3) is 0 Å². The molecule has 3 nitrogen and oxygen atoms in total. The molecule has 0 atom stereocenters. The smallest absolute Gasteiger partial charge is 0.224 e. The molecule has 0 spiro atoms. The Kier molecular flexibility index (Phi) is 5.69. The second-order valence-corrected chi connectivity index (χ2v) is 6.86. The SMILES string of the molecule is CC1CCN(c2ccc(NC(=O)CCc3ccccc3F)cc2)CC1. The number of anilines is 2. The summed E-state index contributed by atoms with van der Waals surface area (Å²) in [6, 6.07) is 14.6. The molecule has 1 aliphatic heterocycles.